The second-order valence-electron chi connectivity index (χ2n) is 3.67. The van der Waals surface area contributed by atoms with Crippen LogP contribution in [-0.2, 0) is 0 Å². The molecule has 0 aromatic carbocycles. The Morgan fingerprint density at radius 3 is 2.23 bits per heavy atom. The van der Waals surface area contributed by atoms with E-state index in [4.69, 9.17) is 0 Å². The van der Waals surface area contributed by atoms with Crippen LogP contribution in [0.4, 0.5) is 4.39 Å². The van der Waals surface area contributed by atoms with Crippen LogP contribution in [0.3, 0.4) is 0 Å². The van der Waals surface area contributed by atoms with E-state index in [1.54, 1.807) is 0 Å². The Hall–Kier alpha value is -0.110. The van der Waals surface area contributed by atoms with Crippen molar-refractivity contribution in [3.63, 3.8) is 0 Å². The van der Waals surface area contributed by atoms with Crippen LogP contribution in [0.5, 0.6) is 0 Å². The maximum Gasteiger partial charge on any atom is 0.117 e. The fraction of sp³-hybridized carbons (Fsp3) is 1.00. The molecule has 1 aliphatic rings. The van der Waals surface area contributed by atoms with E-state index in [1.807, 2.05) is 13.8 Å². The Labute approximate surface area is 82.3 Å². The highest BCUT2D eigenvalue weighted by molar-refractivity contribution is 4.88. The van der Waals surface area contributed by atoms with E-state index in [0.29, 0.717) is 5.92 Å². The summed E-state index contributed by atoms with van der Waals surface area (Å²) in [4.78, 5) is 2.25. The minimum absolute atomic E-state index is 0.181. The number of nitrogens with zero attached hydrogens (tertiary/aromatic N) is 1. The molecular weight excluding hydrogens is 165 g/mol. The van der Waals surface area contributed by atoms with Crippen molar-refractivity contribution in [3.05, 3.63) is 0 Å². The third kappa shape index (κ3) is 3.26. The van der Waals surface area contributed by atoms with Gasteiger partial charge < -0.3 is 0 Å². The lowest BCUT2D eigenvalue weighted by atomic mass is 10.0. The maximum absolute atomic E-state index is 13.2. The monoisotopic (exact) mass is 189 g/mol. The van der Waals surface area contributed by atoms with E-state index >= 15 is 0 Å². The van der Waals surface area contributed by atoms with Crippen LogP contribution in [0.1, 0.15) is 41.0 Å². The molecule has 1 fully saturated rings. The molecule has 0 spiro atoms. The summed E-state index contributed by atoms with van der Waals surface area (Å²) in [5.74, 6) is 0.451. The average Bonchev–Trinajstić information content (AvgIpc) is 2.50. The van der Waals surface area contributed by atoms with Gasteiger partial charge in [0, 0.05) is 12.6 Å². The first-order valence-electron chi connectivity index (χ1n) is 5.55. The van der Waals surface area contributed by atoms with E-state index in [1.165, 1.54) is 0 Å². The third-order valence-corrected chi connectivity index (χ3v) is 2.57. The molecular formula is C11H24FN. The third-order valence-electron chi connectivity index (χ3n) is 2.57. The number of hydrogen-bond donors (Lipinski definition) is 0. The summed E-state index contributed by atoms with van der Waals surface area (Å²) in [6.07, 6.45) is 0.145. The topological polar surface area (TPSA) is 3.24 Å². The lowest BCUT2D eigenvalue weighted by Crippen LogP contribution is -2.37. The van der Waals surface area contributed by atoms with Crippen LogP contribution in [0.15, 0.2) is 0 Å². The molecule has 0 bridgehead atoms. The van der Waals surface area contributed by atoms with Crippen molar-refractivity contribution in [2.24, 2.45) is 5.92 Å². The number of hydrogen-bond acceptors (Lipinski definition) is 1. The van der Waals surface area contributed by atoms with Crippen molar-refractivity contribution in [3.8, 4) is 0 Å². The molecule has 0 N–H and O–H groups in total. The lowest BCUT2D eigenvalue weighted by Gasteiger charge is -2.27. The predicted molar refractivity (Wildman–Crippen MR) is 56.7 cm³/mol. The number of halogens is 1. The van der Waals surface area contributed by atoms with Gasteiger partial charge in [-0.05, 0) is 18.9 Å². The van der Waals surface area contributed by atoms with Crippen LogP contribution in [0, 0.1) is 5.92 Å². The number of likely N-dealkylation sites (tertiary alicyclic amines) is 1. The summed E-state index contributed by atoms with van der Waals surface area (Å²) in [5.41, 5.74) is 0. The molecule has 2 atom stereocenters. The van der Waals surface area contributed by atoms with Crippen molar-refractivity contribution in [1.82, 2.24) is 4.90 Å². The molecule has 1 nitrogen and oxygen atoms in total. The summed E-state index contributed by atoms with van der Waals surface area (Å²) in [7, 11) is 0. The highest BCUT2D eigenvalue weighted by atomic mass is 19.1. The predicted octanol–water partition coefficient (Wildman–Crippen LogP) is 3.10. The fourth-order valence-corrected chi connectivity index (χ4v) is 2.05. The van der Waals surface area contributed by atoms with Crippen LogP contribution in [-0.4, -0.2) is 30.2 Å². The van der Waals surface area contributed by atoms with Gasteiger partial charge in [-0.25, -0.2) is 4.39 Å². The Morgan fingerprint density at radius 2 is 1.92 bits per heavy atom. The van der Waals surface area contributed by atoms with Crippen molar-refractivity contribution in [2.45, 2.75) is 53.3 Å². The van der Waals surface area contributed by atoms with Crippen molar-refractivity contribution >= 4 is 0 Å². The molecule has 2 heteroatoms. The molecule has 80 valence electrons. The summed E-state index contributed by atoms with van der Waals surface area (Å²) < 4.78 is 13.2. The van der Waals surface area contributed by atoms with Crippen molar-refractivity contribution in [2.75, 3.05) is 13.1 Å². The number of rotatable bonds is 2. The first-order chi connectivity index (χ1) is 6.16. The summed E-state index contributed by atoms with van der Waals surface area (Å²) in [6.45, 7) is 12.2. The van der Waals surface area contributed by atoms with Gasteiger partial charge >= 0.3 is 0 Å². The van der Waals surface area contributed by atoms with Crippen LogP contribution in [0.2, 0.25) is 0 Å². The maximum atomic E-state index is 13.2. The largest absolute Gasteiger partial charge is 0.297 e. The standard InChI is InChI=1S/C9H18FN.C2H6/c1-4-11-6-5-8(10)9(11)7(2)3;1-2/h7-9H,4-6H2,1-3H3;1-2H3. The molecule has 0 radical (unpaired) electrons. The summed E-state index contributed by atoms with van der Waals surface area (Å²) >= 11 is 0. The van der Waals surface area contributed by atoms with Crippen LogP contribution >= 0.6 is 0 Å². The Kier molecular flexibility index (Phi) is 6.31. The zero-order valence-electron chi connectivity index (χ0n) is 9.68. The Balaban J connectivity index is 0.000000671. The number of alkyl halides is 1. The molecule has 13 heavy (non-hydrogen) atoms. The SMILES string of the molecule is CC.CCN1CCC(F)C1C(C)C. The zero-order valence-corrected chi connectivity index (χ0v) is 9.68. The van der Waals surface area contributed by atoms with Crippen LogP contribution in [0.25, 0.3) is 0 Å². The van der Waals surface area contributed by atoms with E-state index in [0.717, 1.165) is 19.5 Å². The van der Waals surface area contributed by atoms with E-state index in [2.05, 4.69) is 25.7 Å². The summed E-state index contributed by atoms with van der Waals surface area (Å²) in [6, 6.07) is 0.181. The molecule has 2 unspecified atom stereocenters. The van der Waals surface area contributed by atoms with Gasteiger partial charge in [-0.2, -0.15) is 0 Å². The molecule has 0 aromatic heterocycles. The van der Waals surface area contributed by atoms with E-state index < -0.39 is 6.17 Å². The Morgan fingerprint density at radius 1 is 1.38 bits per heavy atom. The first kappa shape index (κ1) is 12.9. The molecule has 1 aliphatic heterocycles. The van der Waals surface area contributed by atoms with Gasteiger partial charge in [-0.1, -0.05) is 34.6 Å². The van der Waals surface area contributed by atoms with Gasteiger partial charge in [0.05, 0.1) is 0 Å². The van der Waals surface area contributed by atoms with E-state index in [9.17, 15) is 4.39 Å². The minimum atomic E-state index is -0.588. The van der Waals surface area contributed by atoms with Gasteiger partial charge in [0.25, 0.3) is 0 Å². The Bertz CT molecular complexity index is 125. The molecule has 1 heterocycles. The van der Waals surface area contributed by atoms with Crippen LogP contribution < -0.4 is 0 Å². The van der Waals surface area contributed by atoms with Gasteiger partial charge in [0.15, 0.2) is 0 Å². The molecule has 0 amide bonds. The molecule has 0 aliphatic carbocycles. The molecule has 0 saturated carbocycles. The highest BCUT2D eigenvalue weighted by Crippen LogP contribution is 2.25. The molecule has 1 saturated heterocycles. The van der Waals surface area contributed by atoms with Gasteiger partial charge in [0.1, 0.15) is 6.17 Å². The lowest BCUT2D eigenvalue weighted by molar-refractivity contribution is 0.155. The second-order valence-corrected chi connectivity index (χ2v) is 3.67. The van der Waals surface area contributed by atoms with E-state index in [-0.39, 0.29) is 6.04 Å². The highest BCUT2D eigenvalue weighted by Gasteiger charge is 2.34. The molecule has 0 aromatic rings. The average molecular weight is 189 g/mol. The smallest absolute Gasteiger partial charge is 0.117 e. The van der Waals surface area contributed by atoms with Gasteiger partial charge in [-0.15, -0.1) is 0 Å². The quantitative estimate of drug-likeness (QED) is 0.645. The second kappa shape index (κ2) is 6.36. The minimum Gasteiger partial charge on any atom is -0.297 e. The van der Waals surface area contributed by atoms with Gasteiger partial charge in [0.2, 0.25) is 0 Å². The fourth-order valence-electron chi connectivity index (χ4n) is 2.05. The zero-order chi connectivity index (χ0) is 10.4. The van der Waals surface area contributed by atoms with Gasteiger partial charge in [-0.3, -0.25) is 4.90 Å². The summed E-state index contributed by atoms with van der Waals surface area (Å²) in [5, 5.41) is 0. The first-order valence-corrected chi connectivity index (χ1v) is 5.55. The van der Waals surface area contributed by atoms with Crippen molar-refractivity contribution < 1.29 is 4.39 Å². The van der Waals surface area contributed by atoms with Crippen molar-refractivity contribution in [1.29, 1.82) is 0 Å². The normalized spacial score (nSPS) is 28.8. The molecule has 1 rings (SSSR count).